The molecule has 9 nitrogen and oxygen atoms in total. The molecular formula is C18H13F3N4O5. The van der Waals surface area contributed by atoms with Gasteiger partial charge in [0, 0.05) is 12.1 Å². The second kappa shape index (κ2) is 8.11. The first-order valence-electron chi connectivity index (χ1n) is 8.23. The van der Waals surface area contributed by atoms with Crippen molar-refractivity contribution in [2.24, 2.45) is 0 Å². The summed E-state index contributed by atoms with van der Waals surface area (Å²) in [6.45, 7) is 0. The van der Waals surface area contributed by atoms with Crippen molar-refractivity contribution < 1.29 is 32.1 Å². The topological polar surface area (TPSA) is 120 Å². The Morgan fingerprint density at radius 3 is 2.60 bits per heavy atom. The summed E-state index contributed by atoms with van der Waals surface area (Å²) in [6, 6.07) is 10.0. The third kappa shape index (κ3) is 4.32. The summed E-state index contributed by atoms with van der Waals surface area (Å²) in [7, 11) is 1.46. The largest absolute Gasteiger partial charge is 0.496 e. The zero-order valence-corrected chi connectivity index (χ0v) is 15.2. The Bertz CT molecular complexity index is 1100. The summed E-state index contributed by atoms with van der Waals surface area (Å²) >= 11 is 0. The summed E-state index contributed by atoms with van der Waals surface area (Å²) in [5.41, 5.74) is 2.34. The summed E-state index contributed by atoms with van der Waals surface area (Å²) in [4.78, 5) is 22.3. The Kier molecular flexibility index (Phi) is 5.58. The van der Waals surface area contributed by atoms with Gasteiger partial charge in [-0.05, 0) is 24.3 Å². The van der Waals surface area contributed by atoms with Crippen molar-refractivity contribution in [1.82, 2.24) is 10.6 Å². The second-order valence-electron chi connectivity index (χ2n) is 5.84. The van der Waals surface area contributed by atoms with Gasteiger partial charge in [0.2, 0.25) is 0 Å². The van der Waals surface area contributed by atoms with Crippen LogP contribution in [0.4, 0.5) is 24.5 Å². The fraction of sp³-hybridized carbons (Fsp3) is 0.111. The van der Waals surface area contributed by atoms with Crippen LogP contribution in [0.15, 0.2) is 53.1 Å². The molecule has 1 aromatic heterocycles. The maximum Gasteiger partial charge on any atom is 0.416 e. The number of hydrogen-bond acceptors (Lipinski definition) is 7. The number of ether oxygens (including phenoxy) is 1. The fourth-order valence-electron chi connectivity index (χ4n) is 2.51. The Hall–Kier alpha value is -4.09. The number of halogens is 3. The normalized spacial score (nSPS) is 11.1. The first kappa shape index (κ1) is 20.6. The number of anilines is 1. The Balaban J connectivity index is 1.77. The maximum atomic E-state index is 12.8. The molecule has 3 aromatic rings. The van der Waals surface area contributed by atoms with E-state index in [4.69, 9.17) is 9.26 Å². The lowest BCUT2D eigenvalue weighted by molar-refractivity contribution is -0.384. The molecule has 0 atom stereocenters. The summed E-state index contributed by atoms with van der Waals surface area (Å²) in [5.74, 6) is -0.105. The molecule has 0 bridgehead atoms. The minimum absolute atomic E-state index is 0.169. The molecule has 2 aromatic carbocycles. The van der Waals surface area contributed by atoms with Gasteiger partial charge in [0.1, 0.15) is 11.4 Å². The van der Waals surface area contributed by atoms with Crippen LogP contribution in [-0.2, 0) is 6.18 Å². The number of methoxy groups -OCH3 is 1. The van der Waals surface area contributed by atoms with Crippen molar-refractivity contribution in [3.8, 4) is 17.1 Å². The van der Waals surface area contributed by atoms with Gasteiger partial charge in [0.25, 0.3) is 11.6 Å². The van der Waals surface area contributed by atoms with Crippen LogP contribution in [0.5, 0.6) is 5.75 Å². The summed E-state index contributed by atoms with van der Waals surface area (Å²) in [6.07, 6.45) is -4.75. The van der Waals surface area contributed by atoms with E-state index in [1.54, 1.807) is 24.3 Å². The van der Waals surface area contributed by atoms with Gasteiger partial charge in [-0.15, -0.1) is 0 Å². The van der Waals surface area contributed by atoms with Gasteiger partial charge in [0.15, 0.2) is 11.5 Å². The molecule has 156 valence electrons. The van der Waals surface area contributed by atoms with Gasteiger partial charge >= 0.3 is 6.18 Å². The van der Waals surface area contributed by atoms with E-state index in [0.717, 1.165) is 6.07 Å². The monoisotopic (exact) mass is 422 g/mol. The van der Waals surface area contributed by atoms with E-state index < -0.39 is 28.3 Å². The second-order valence-corrected chi connectivity index (χ2v) is 5.84. The number of carbonyl (C=O) groups excluding carboxylic acids is 1. The van der Waals surface area contributed by atoms with Crippen LogP contribution in [0, 0.1) is 10.1 Å². The highest BCUT2D eigenvalue weighted by Crippen LogP contribution is 2.35. The summed E-state index contributed by atoms with van der Waals surface area (Å²) in [5, 5.41) is 14.7. The van der Waals surface area contributed by atoms with Gasteiger partial charge in [-0.1, -0.05) is 17.3 Å². The number of hydrazine groups is 1. The Morgan fingerprint density at radius 2 is 1.93 bits per heavy atom. The fourth-order valence-corrected chi connectivity index (χ4v) is 2.51. The summed E-state index contributed by atoms with van der Waals surface area (Å²) < 4.78 is 48.6. The molecule has 1 amide bonds. The molecule has 0 aliphatic rings. The van der Waals surface area contributed by atoms with Gasteiger partial charge in [-0.2, -0.15) is 13.2 Å². The molecule has 0 spiro atoms. The van der Waals surface area contributed by atoms with Crippen molar-refractivity contribution in [2.75, 3.05) is 12.5 Å². The molecule has 0 saturated heterocycles. The van der Waals surface area contributed by atoms with Crippen molar-refractivity contribution in [1.29, 1.82) is 0 Å². The molecule has 0 radical (unpaired) electrons. The van der Waals surface area contributed by atoms with E-state index >= 15 is 0 Å². The van der Waals surface area contributed by atoms with Crippen molar-refractivity contribution in [3.05, 3.63) is 69.9 Å². The van der Waals surface area contributed by atoms with E-state index in [-0.39, 0.29) is 17.1 Å². The van der Waals surface area contributed by atoms with Crippen molar-refractivity contribution in [3.63, 3.8) is 0 Å². The number of nitrogens with zero attached hydrogens (tertiary/aromatic N) is 2. The van der Waals surface area contributed by atoms with E-state index in [9.17, 15) is 28.1 Å². The van der Waals surface area contributed by atoms with Crippen LogP contribution in [0.2, 0.25) is 0 Å². The molecule has 1 heterocycles. The number of nitrogens with one attached hydrogen (secondary N) is 2. The predicted octanol–water partition coefficient (Wildman–Crippen LogP) is 4.03. The zero-order valence-electron chi connectivity index (χ0n) is 15.2. The minimum Gasteiger partial charge on any atom is -0.496 e. The maximum absolute atomic E-state index is 12.8. The van der Waals surface area contributed by atoms with E-state index in [1.165, 1.54) is 13.2 Å². The van der Waals surface area contributed by atoms with Gasteiger partial charge in [-0.25, -0.2) is 0 Å². The molecule has 0 unspecified atom stereocenters. The quantitative estimate of drug-likeness (QED) is 0.455. The highest BCUT2D eigenvalue weighted by molar-refractivity contribution is 5.94. The molecule has 30 heavy (non-hydrogen) atoms. The average molecular weight is 422 g/mol. The van der Waals surface area contributed by atoms with Crippen LogP contribution in [0.1, 0.15) is 16.1 Å². The molecule has 0 aliphatic heterocycles. The molecule has 0 aliphatic carbocycles. The number of nitro benzene ring substituents is 1. The third-order valence-electron chi connectivity index (χ3n) is 3.95. The first-order chi connectivity index (χ1) is 14.2. The number of benzene rings is 2. The lowest BCUT2D eigenvalue weighted by Crippen LogP contribution is -2.30. The number of carbonyl (C=O) groups is 1. The van der Waals surface area contributed by atoms with E-state index in [1.807, 2.05) is 0 Å². The number of nitro groups is 1. The number of rotatable bonds is 6. The van der Waals surface area contributed by atoms with Gasteiger partial charge in [0.05, 0.1) is 23.2 Å². The number of amides is 1. The van der Waals surface area contributed by atoms with Crippen LogP contribution in [-0.4, -0.2) is 23.1 Å². The van der Waals surface area contributed by atoms with Crippen LogP contribution < -0.4 is 15.6 Å². The van der Waals surface area contributed by atoms with Gasteiger partial charge < -0.3 is 9.26 Å². The van der Waals surface area contributed by atoms with E-state index in [2.05, 4.69) is 16.0 Å². The minimum atomic E-state index is -4.75. The van der Waals surface area contributed by atoms with Crippen molar-refractivity contribution >= 4 is 17.3 Å². The molecule has 2 N–H and O–H groups in total. The van der Waals surface area contributed by atoms with E-state index in [0.29, 0.717) is 23.4 Å². The molecule has 12 heteroatoms. The van der Waals surface area contributed by atoms with Crippen molar-refractivity contribution in [2.45, 2.75) is 6.18 Å². The Labute approximate surface area is 166 Å². The lowest BCUT2D eigenvalue weighted by Gasteiger charge is -2.10. The highest BCUT2D eigenvalue weighted by Gasteiger charge is 2.33. The third-order valence-corrected chi connectivity index (χ3v) is 3.95. The Morgan fingerprint density at radius 1 is 1.20 bits per heavy atom. The average Bonchev–Trinajstić information content (AvgIpc) is 3.21. The highest BCUT2D eigenvalue weighted by atomic mass is 19.4. The molecule has 3 rings (SSSR count). The SMILES string of the molecule is COc1ccccc1-c1cc(C(=O)NNc2ccc(C(F)(F)F)cc2[N+](=O)[O-])no1. The first-order valence-corrected chi connectivity index (χ1v) is 8.23. The molecular weight excluding hydrogens is 409 g/mol. The zero-order chi connectivity index (χ0) is 21.9. The van der Waals surface area contributed by atoms with Crippen LogP contribution in [0.25, 0.3) is 11.3 Å². The number of hydrogen-bond donors (Lipinski definition) is 2. The van der Waals surface area contributed by atoms with Crippen LogP contribution in [0.3, 0.4) is 0 Å². The lowest BCUT2D eigenvalue weighted by atomic mass is 10.1. The van der Waals surface area contributed by atoms with Crippen LogP contribution >= 0.6 is 0 Å². The smallest absolute Gasteiger partial charge is 0.416 e. The molecule has 0 fully saturated rings. The predicted molar refractivity (Wildman–Crippen MR) is 97.7 cm³/mol. The number of para-hydroxylation sites is 1. The molecule has 0 saturated carbocycles. The standard InChI is InChI=1S/C18H13F3N4O5/c1-29-15-5-3-2-4-11(15)16-9-13(24-30-16)17(26)23-22-12-7-6-10(18(19,20)21)8-14(12)25(27)28/h2-9,22H,1H3,(H,23,26). The number of alkyl halides is 3. The van der Waals surface area contributed by atoms with Gasteiger partial charge in [-0.3, -0.25) is 25.8 Å². The number of aromatic nitrogens is 1.